The summed E-state index contributed by atoms with van der Waals surface area (Å²) in [7, 11) is 0. The van der Waals surface area contributed by atoms with Gasteiger partial charge in [-0.3, -0.25) is 9.48 Å². The molecule has 0 radical (unpaired) electrons. The van der Waals surface area contributed by atoms with Crippen molar-refractivity contribution in [3.8, 4) is 11.8 Å². The van der Waals surface area contributed by atoms with Gasteiger partial charge in [0, 0.05) is 24.2 Å². The van der Waals surface area contributed by atoms with Crippen LogP contribution < -0.4 is 10.1 Å². The number of carbonyl (C=O) groups excluding carboxylic acids is 2. The number of nitrogens with zero attached hydrogens (tertiary/aromatic N) is 3. The molecule has 0 aliphatic heterocycles. The SMILES string of the molecule is N#Cc1ccc(O[C@H]2CC[C@H](NC(=O)c3cnn([C@H]4CC[C@H](C=O)CC4)c3)CC2)cc1Cl. The highest BCUT2D eigenvalue weighted by atomic mass is 35.5. The predicted molar refractivity (Wildman–Crippen MR) is 120 cm³/mol. The van der Waals surface area contributed by atoms with E-state index in [1.807, 2.05) is 16.9 Å². The maximum atomic E-state index is 12.7. The molecule has 168 valence electrons. The molecule has 2 fully saturated rings. The monoisotopic (exact) mass is 454 g/mol. The van der Waals surface area contributed by atoms with Crippen molar-refractivity contribution in [2.75, 3.05) is 0 Å². The molecule has 2 aliphatic carbocycles. The van der Waals surface area contributed by atoms with Crippen LogP contribution in [-0.2, 0) is 4.79 Å². The van der Waals surface area contributed by atoms with Gasteiger partial charge in [0.25, 0.3) is 5.91 Å². The first-order valence-electron chi connectivity index (χ1n) is 11.2. The Balaban J connectivity index is 1.24. The van der Waals surface area contributed by atoms with E-state index in [9.17, 15) is 9.59 Å². The molecule has 0 atom stereocenters. The van der Waals surface area contributed by atoms with E-state index in [0.717, 1.165) is 57.7 Å². The van der Waals surface area contributed by atoms with Gasteiger partial charge in [-0.2, -0.15) is 10.4 Å². The number of halogens is 1. The maximum absolute atomic E-state index is 12.7. The first-order valence-corrected chi connectivity index (χ1v) is 11.6. The molecule has 32 heavy (non-hydrogen) atoms. The summed E-state index contributed by atoms with van der Waals surface area (Å²) in [6, 6.07) is 7.52. The van der Waals surface area contributed by atoms with Crippen LogP contribution in [0, 0.1) is 17.2 Å². The van der Waals surface area contributed by atoms with E-state index in [2.05, 4.69) is 10.4 Å². The van der Waals surface area contributed by atoms with Crippen molar-refractivity contribution in [3.63, 3.8) is 0 Å². The van der Waals surface area contributed by atoms with E-state index in [-0.39, 0.29) is 30.0 Å². The Bertz CT molecular complexity index is 999. The Morgan fingerprint density at radius 3 is 2.59 bits per heavy atom. The second kappa shape index (κ2) is 10.2. The predicted octanol–water partition coefficient (Wildman–Crippen LogP) is 4.46. The van der Waals surface area contributed by atoms with E-state index in [4.69, 9.17) is 21.6 Å². The third-order valence-corrected chi connectivity index (χ3v) is 6.86. The molecule has 1 N–H and O–H groups in total. The number of nitrogens with one attached hydrogen (secondary N) is 1. The fourth-order valence-corrected chi connectivity index (χ4v) is 4.82. The average Bonchev–Trinajstić information content (AvgIpc) is 3.31. The van der Waals surface area contributed by atoms with Crippen LogP contribution in [0.4, 0.5) is 0 Å². The van der Waals surface area contributed by atoms with Gasteiger partial charge in [-0.1, -0.05) is 11.6 Å². The van der Waals surface area contributed by atoms with Crippen molar-refractivity contribution in [2.24, 2.45) is 5.92 Å². The summed E-state index contributed by atoms with van der Waals surface area (Å²) in [5, 5.41) is 16.9. The van der Waals surface area contributed by atoms with Gasteiger partial charge in [-0.15, -0.1) is 0 Å². The summed E-state index contributed by atoms with van der Waals surface area (Å²) >= 11 is 6.08. The van der Waals surface area contributed by atoms with Crippen LogP contribution in [0.2, 0.25) is 5.02 Å². The van der Waals surface area contributed by atoms with E-state index in [1.54, 1.807) is 24.4 Å². The molecule has 2 saturated carbocycles. The normalized spacial score (nSPS) is 25.5. The van der Waals surface area contributed by atoms with Crippen molar-refractivity contribution in [1.82, 2.24) is 15.1 Å². The summed E-state index contributed by atoms with van der Waals surface area (Å²) in [6.07, 6.45) is 11.5. The maximum Gasteiger partial charge on any atom is 0.254 e. The lowest BCUT2D eigenvalue weighted by molar-refractivity contribution is -0.112. The van der Waals surface area contributed by atoms with Crippen molar-refractivity contribution >= 4 is 23.8 Å². The largest absolute Gasteiger partial charge is 0.490 e. The van der Waals surface area contributed by atoms with Gasteiger partial charge in [0.1, 0.15) is 18.1 Å². The second-order valence-electron chi connectivity index (χ2n) is 8.73. The van der Waals surface area contributed by atoms with Crippen molar-refractivity contribution in [2.45, 2.75) is 69.6 Å². The lowest BCUT2D eigenvalue weighted by atomic mass is 9.87. The van der Waals surface area contributed by atoms with Crippen LogP contribution in [0.15, 0.2) is 30.6 Å². The van der Waals surface area contributed by atoms with E-state index in [1.165, 1.54) is 0 Å². The Hall–Kier alpha value is -2.85. The van der Waals surface area contributed by atoms with Crippen LogP contribution in [0.3, 0.4) is 0 Å². The number of aldehydes is 1. The molecule has 4 rings (SSSR count). The molecule has 1 amide bonds. The number of ether oxygens (including phenoxy) is 1. The zero-order valence-corrected chi connectivity index (χ0v) is 18.6. The Morgan fingerprint density at radius 2 is 1.94 bits per heavy atom. The number of aromatic nitrogens is 2. The number of rotatable bonds is 6. The highest BCUT2D eigenvalue weighted by Crippen LogP contribution is 2.31. The lowest BCUT2D eigenvalue weighted by Crippen LogP contribution is -2.39. The highest BCUT2D eigenvalue weighted by molar-refractivity contribution is 6.31. The highest BCUT2D eigenvalue weighted by Gasteiger charge is 2.26. The minimum absolute atomic E-state index is 0.0661. The summed E-state index contributed by atoms with van der Waals surface area (Å²) < 4.78 is 7.90. The number of nitriles is 1. The lowest BCUT2D eigenvalue weighted by Gasteiger charge is -2.29. The molecular weight excluding hydrogens is 428 g/mol. The standard InChI is InChI=1S/C24H27ClN4O3/c25-23-11-22(8-3-17(23)12-26)32-21-9-4-19(5-10-21)28-24(31)18-13-27-29(14-18)20-6-1-16(15-30)2-7-20/h3,8,11,13-16,19-21H,1-2,4-7,9-10H2,(H,28,31)/t16-,19-,20-,21-. The second-order valence-corrected chi connectivity index (χ2v) is 9.14. The Labute approximate surface area is 192 Å². The van der Waals surface area contributed by atoms with Gasteiger partial charge in [-0.05, 0) is 63.5 Å². The summed E-state index contributed by atoms with van der Waals surface area (Å²) in [5.74, 6) is 0.731. The molecule has 1 aromatic carbocycles. The van der Waals surface area contributed by atoms with E-state index in [0.29, 0.717) is 21.9 Å². The van der Waals surface area contributed by atoms with Crippen LogP contribution in [0.25, 0.3) is 0 Å². The molecule has 1 heterocycles. The molecule has 0 bridgehead atoms. The van der Waals surface area contributed by atoms with Gasteiger partial charge >= 0.3 is 0 Å². The minimum atomic E-state index is -0.0962. The van der Waals surface area contributed by atoms with Crippen LogP contribution in [0.5, 0.6) is 5.75 Å². The quantitative estimate of drug-likeness (QED) is 0.650. The summed E-state index contributed by atoms with van der Waals surface area (Å²) in [5.41, 5.74) is 1.01. The van der Waals surface area contributed by atoms with Gasteiger partial charge in [0.05, 0.1) is 34.5 Å². The molecule has 0 spiro atoms. The van der Waals surface area contributed by atoms with Gasteiger partial charge in [0.2, 0.25) is 0 Å². The zero-order chi connectivity index (χ0) is 22.5. The molecule has 8 heteroatoms. The smallest absolute Gasteiger partial charge is 0.254 e. The third kappa shape index (κ3) is 5.31. The Morgan fingerprint density at radius 1 is 1.19 bits per heavy atom. The minimum Gasteiger partial charge on any atom is -0.490 e. The first kappa shape index (κ1) is 22.3. The number of hydrogen-bond acceptors (Lipinski definition) is 5. The third-order valence-electron chi connectivity index (χ3n) is 6.54. The molecular formula is C24H27ClN4O3. The molecule has 0 saturated heterocycles. The molecule has 7 nitrogen and oxygen atoms in total. The van der Waals surface area contributed by atoms with E-state index < -0.39 is 0 Å². The fourth-order valence-electron chi connectivity index (χ4n) is 4.60. The number of benzene rings is 1. The van der Waals surface area contributed by atoms with Gasteiger partial charge < -0.3 is 14.8 Å². The van der Waals surface area contributed by atoms with Crippen LogP contribution in [-0.4, -0.2) is 34.1 Å². The fraction of sp³-hybridized carbons (Fsp3) is 0.500. The zero-order valence-electron chi connectivity index (χ0n) is 17.9. The summed E-state index contributed by atoms with van der Waals surface area (Å²) in [6.45, 7) is 0. The van der Waals surface area contributed by atoms with Crippen molar-refractivity contribution < 1.29 is 14.3 Å². The van der Waals surface area contributed by atoms with Gasteiger partial charge in [0.15, 0.2) is 0 Å². The number of carbonyl (C=O) groups is 2. The van der Waals surface area contributed by atoms with Crippen LogP contribution in [0.1, 0.15) is 73.3 Å². The summed E-state index contributed by atoms with van der Waals surface area (Å²) in [4.78, 5) is 23.6. The molecule has 0 unspecified atom stereocenters. The van der Waals surface area contributed by atoms with Crippen molar-refractivity contribution in [1.29, 1.82) is 5.26 Å². The first-order chi connectivity index (χ1) is 15.6. The number of amides is 1. The number of hydrogen-bond donors (Lipinski definition) is 1. The van der Waals surface area contributed by atoms with Crippen LogP contribution >= 0.6 is 11.6 Å². The molecule has 1 aromatic heterocycles. The van der Waals surface area contributed by atoms with E-state index >= 15 is 0 Å². The molecule has 2 aromatic rings. The van der Waals surface area contributed by atoms with Crippen molar-refractivity contribution in [3.05, 3.63) is 46.7 Å². The average molecular weight is 455 g/mol. The Kier molecular flexibility index (Phi) is 7.11. The van der Waals surface area contributed by atoms with Gasteiger partial charge in [-0.25, -0.2) is 0 Å². The topological polar surface area (TPSA) is 97.0 Å². The molecule has 2 aliphatic rings.